The van der Waals surface area contributed by atoms with E-state index in [0.29, 0.717) is 19.1 Å². The number of carboxylic acids is 1. The highest BCUT2D eigenvalue weighted by Crippen LogP contribution is 2.35. The summed E-state index contributed by atoms with van der Waals surface area (Å²) in [5.74, 6) is 0.0399. The molecule has 0 aromatic rings. The number of hydrogen-bond acceptors (Lipinski definition) is 3. The van der Waals surface area contributed by atoms with Crippen LogP contribution in [0.15, 0.2) is 0 Å². The molecule has 110 valence electrons. The van der Waals surface area contributed by atoms with Gasteiger partial charge in [0, 0.05) is 5.92 Å². The van der Waals surface area contributed by atoms with Gasteiger partial charge in [-0.25, -0.2) is 0 Å². The molecule has 0 atom stereocenters. The Hall–Kier alpha value is -0.610. The Morgan fingerprint density at radius 1 is 1.16 bits per heavy atom. The predicted molar refractivity (Wildman–Crippen MR) is 71.8 cm³/mol. The normalized spacial score (nSPS) is 36.1. The number of carboxylic acid groups (broad SMARTS) is 1. The highest BCUT2D eigenvalue weighted by molar-refractivity contribution is 5.70. The molecule has 4 heteroatoms. The van der Waals surface area contributed by atoms with E-state index < -0.39 is 11.9 Å². The lowest BCUT2D eigenvalue weighted by Crippen LogP contribution is -2.41. The van der Waals surface area contributed by atoms with Gasteiger partial charge in [0.2, 0.25) is 0 Å². The van der Waals surface area contributed by atoms with Gasteiger partial charge in [0.15, 0.2) is 6.29 Å². The summed E-state index contributed by atoms with van der Waals surface area (Å²) in [4.78, 5) is 10.8. The second-order valence-electron chi connectivity index (χ2n) is 5.99. The van der Waals surface area contributed by atoms with Crippen LogP contribution in [0, 0.1) is 17.8 Å². The van der Waals surface area contributed by atoms with E-state index in [4.69, 9.17) is 14.6 Å². The molecule has 0 aromatic heterocycles. The van der Waals surface area contributed by atoms with Crippen molar-refractivity contribution in [1.29, 1.82) is 0 Å². The second-order valence-corrected chi connectivity index (χ2v) is 5.99. The van der Waals surface area contributed by atoms with Crippen LogP contribution < -0.4 is 0 Å². The van der Waals surface area contributed by atoms with Crippen molar-refractivity contribution in [3.8, 4) is 0 Å². The molecule has 0 amide bonds. The molecule has 2 aliphatic rings. The van der Waals surface area contributed by atoms with E-state index in [-0.39, 0.29) is 6.29 Å². The summed E-state index contributed by atoms with van der Waals surface area (Å²) >= 11 is 0. The Kier molecular flexibility index (Phi) is 5.64. The van der Waals surface area contributed by atoms with Gasteiger partial charge < -0.3 is 14.6 Å². The molecule has 0 bridgehead atoms. The first-order valence-electron chi connectivity index (χ1n) is 7.66. The van der Waals surface area contributed by atoms with Crippen LogP contribution in [0.1, 0.15) is 51.9 Å². The Bertz CT molecular complexity index is 276. The number of aliphatic carboxylic acids is 1. The molecule has 1 saturated heterocycles. The molecular weight excluding hydrogens is 244 g/mol. The van der Waals surface area contributed by atoms with E-state index in [1.165, 1.54) is 32.1 Å². The Morgan fingerprint density at radius 2 is 1.79 bits per heavy atom. The molecule has 0 aromatic carbocycles. The van der Waals surface area contributed by atoms with E-state index >= 15 is 0 Å². The molecule has 1 N–H and O–H groups in total. The summed E-state index contributed by atoms with van der Waals surface area (Å²) in [7, 11) is 0. The fraction of sp³-hybridized carbons (Fsp3) is 0.933. The van der Waals surface area contributed by atoms with Crippen molar-refractivity contribution >= 4 is 5.97 Å². The molecule has 1 aliphatic carbocycles. The minimum atomic E-state index is -0.818. The van der Waals surface area contributed by atoms with E-state index in [2.05, 4.69) is 6.92 Å². The van der Waals surface area contributed by atoms with Crippen LogP contribution in [0.4, 0.5) is 0 Å². The number of hydrogen-bond donors (Lipinski definition) is 1. The Labute approximate surface area is 115 Å². The van der Waals surface area contributed by atoms with Gasteiger partial charge in [0.1, 0.15) is 5.92 Å². The quantitative estimate of drug-likeness (QED) is 0.834. The predicted octanol–water partition coefficient (Wildman–Crippen LogP) is 3.06. The minimum Gasteiger partial charge on any atom is -0.481 e. The van der Waals surface area contributed by atoms with Gasteiger partial charge in [0.25, 0.3) is 0 Å². The largest absolute Gasteiger partial charge is 0.481 e. The topological polar surface area (TPSA) is 55.8 Å². The minimum absolute atomic E-state index is 0.164. The highest BCUT2D eigenvalue weighted by atomic mass is 16.7. The molecule has 1 heterocycles. The lowest BCUT2D eigenvalue weighted by atomic mass is 9.79. The molecule has 19 heavy (non-hydrogen) atoms. The maximum absolute atomic E-state index is 10.8. The molecule has 0 spiro atoms. The van der Waals surface area contributed by atoms with Gasteiger partial charge in [-0.1, -0.05) is 26.2 Å². The van der Waals surface area contributed by atoms with Crippen molar-refractivity contribution in [2.24, 2.45) is 17.8 Å². The Balaban J connectivity index is 1.69. The first kappa shape index (κ1) is 14.8. The van der Waals surface area contributed by atoms with Gasteiger partial charge in [-0.2, -0.15) is 0 Å². The van der Waals surface area contributed by atoms with Crippen LogP contribution in [0.5, 0.6) is 0 Å². The summed E-state index contributed by atoms with van der Waals surface area (Å²) in [6.45, 7) is 2.85. The molecule has 0 radical (unpaired) electrons. The molecule has 0 unspecified atom stereocenters. The van der Waals surface area contributed by atoms with Crippen LogP contribution in [-0.4, -0.2) is 30.6 Å². The second kappa shape index (κ2) is 7.25. The van der Waals surface area contributed by atoms with Crippen LogP contribution in [0.2, 0.25) is 0 Å². The molecule has 2 rings (SSSR count). The summed E-state index contributed by atoms with van der Waals surface area (Å²) in [6, 6.07) is 0. The average molecular weight is 270 g/mol. The maximum atomic E-state index is 10.8. The van der Waals surface area contributed by atoms with E-state index in [1.54, 1.807) is 0 Å². The molecule has 2 fully saturated rings. The van der Waals surface area contributed by atoms with E-state index in [9.17, 15) is 4.79 Å². The molecule has 1 aliphatic heterocycles. The van der Waals surface area contributed by atoms with Gasteiger partial charge in [-0.15, -0.1) is 0 Å². The van der Waals surface area contributed by atoms with Crippen molar-refractivity contribution in [3.05, 3.63) is 0 Å². The zero-order valence-corrected chi connectivity index (χ0v) is 11.8. The SMILES string of the molecule is CCCCC1CCC(C2OCC(C(=O)O)CO2)CC1. The van der Waals surface area contributed by atoms with Gasteiger partial charge in [-0.05, 0) is 31.6 Å². The van der Waals surface area contributed by atoms with Crippen molar-refractivity contribution in [2.75, 3.05) is 13.2 Å². The van der Waals surface area contributed by atoms with Gasteiger partial charge in [0.05, 0.1) is 13.2 Å². The number of carbonyl (C=O) groups is 1. The summed E-state index contributed by atoms with van der Waals surface area (Å²) < 4.78 is 11.2. The third-order valence-corrected chi connectivity index (χ3v) is 4.51. The van der Waals surface area contributed by atoms with Gasteiger partial charge in [-0.3, -0.25) is 4.79 Å². The monoisotopic (exact) mass is 270 g/mol. The smallest absolute Gasteiger partial charge is 0.311 e. The van der Waals surface area contributed by atoms with Crippen LogP contribution >= 0.6 is 0 Å². The van der Waals surface area contributed by atoms with Crippen LogP contribution in [0.25, 0.3) is 0 Å². The van der Waals surface area contributed by atoms with Crippen molar-refractivity contribution in [2.45, 2.75) is 58.2 Å². The van der Waals surface area contributed by atoms with E-state index in [0.717, 1.165) is 18.8 Å². The average Bonchev–Trinajstić information content (AvgIpc) is 2.46. The summed E-state index contributed by atoms with van der Waals surface area (Å²) in [6.07, 6.45) is 8.69. The van der Waals surface area contributed by atoms with Crippen LogP contribution in [-0.2, 0) is 14.3 Å². The van der Waals surface area contributed by atoms with Gasteiger partial charge >= 0.3 is 5.97 Å². The number of ether oxygens (including phenoxy) is 2. The third kappa shape index (κ3) is 4.18. The fourth-order valence-electron chi connectivity index (χ4n) is 3.17. The number of rotatable bonds is 5. The number of unbranched alkanes of at least 4 members (excludes halogenated alkanes) is 1. The highest BCUT2D eigenvalue weighted by Gasteiger charge is 2.34. The zero-order valence-electron chi connectivity index (χ0n) is 11.8. The first-order chi connectivity index (χ1) is 9.20. The maximum Gasteiger partial charge on any atom is 0.311 e. The summed E-state index contributed by atoms with van der Waals surface area (Å²) in [5, 5.41) is 8.89. The van der Waals surface area contributed by atoms with Crippen LogP contribution in [0.3, 0.4) is 0 Å². The lowest BCUT2D eigenvalue weighted by Gasteiger charge is -2.36. The Morgan fingerprint density at radius 3 is 2.32 bits per heavy atom. The molecule has 1 saturated carbocycles. The zero-order chi connectivity index (χ0) is 13.7. The van der Waals surface area contributed by atoms with E-state index in [1.807, 2.05) is 0 Å². The first-order valence-corrected chi connectivity index (χ1v) is 7.66. The third-order valence-electron chi connectivity index (χ3n) is 4.51. The summed E-state index contributed by atoms with van der Waals surface area (Å²) in [5.41, 5.74) is 0. The standard InChI is InChI=1S/C15H26O4/c1-2-3-4-11-5-7-12(8-6-11)15-18-9-13(10-19-15)14(16)17/h11-13,15H,2-10H2,1H3,(H,16,17). The van der Waals surface area contributed by atoms with Crippen molar-refractivity contribution < 1.29 is 19.4 Å². The molecular formula is C15H26O4. The van der Waals surface area contributed by atoms with Crippen molar-refractivity contribution in [1.82, 2.24) is 0 Å². The fourth-order valence-corrected chi connectivity index (χ4v) is 3.17. The van der Waals surface area contributed by atoms with Crippen molar-refractivity contribution in [3.63, 3.8) is 0 Å². The molecule has 4 nitrogen and oxygen atoms in total. The lowest BCUT2D eigenvalue weighted by molar-refractivity contribution is -0.231.